The van der Waals surface area contributed by atoms with Crippen LogP contribution in [0, 0.1) is 13.8 Å². The van der Waals surface area contributed by atoms with E-state index in [2.05, 4.69) is 25.4 Å². The number of anilines is 1. The summed E-state index contributed by atoms with van der Waals surface area (Å²) in [6.45, 7) is 3.81. The third-order valence-corrected chi connectivity index (χ3v) is 4.38. The number of rotatable bonds is 3. The summed E-state index contributed by atoms with van der Waals surface area (Å²) in [5.74, 6) is 0.531. The van der Waals surface area contributed by atoms with Gasteiger partial charge in [0.25, 0.3) is 5.91 Å². The number of hydrogen-bond donors (Lipinski definition) is 1. The van der Waals surface area contributed by atoms with Crippen molar-refractivity contribution < 1.29 is 4.79 Å². The first-order chi connectivity index (χ1) is 13.0. The molecule has 3 heterocycles. The van der Waals surface area contributed by atoms with E-state index >= 15 is 0 Å². The minimum absolute atomic E-state index is 0.192. The number of carbonyl (C=O) groups excluding carboxylic acids is 1. The number of hydrogen-bond acceptors (Lipinski definition) is 5. The second kappa shape index (κ2) is 6.60. The number of amides is 1. The highest BCUT2D eigenvalue weighted by molar-refractivity contribution is 6.03. The molecule has 0 aliphatic heterocycles. The van der Waals surface area contributed by atoms with Crippen LogP contribution in [0.25, 0.3) is 22.3 Å². The van der Waals surface area contributed by atoms with Gasteiger partial charge in [-0.05, 0) is 49.7 Å². The molecular weight excluding hydrogens is 340 g/mol. The van der Waals surface area contributed by atoms with E-state index in [-0.39, 0.29) is 5.91 Å². The van der Waals surface area contributed by atoms with Crippen LogP contribution in [0.1, 0.15) is 21.9 Å². The van der Waals surface area contributed by atoms with Crippen molar-refractivity contribution >= 4 is 22.6 Å². The number of aryl methyl sites for hydroxylation is 3. The molecule has 0 spiro atoms. The summed E-state index contributed by atoms with van der Waals surface area (Å²) in [5.41, 5.74) is 5.59. The monoisotopic (exact) mass is 358 g/mol. The lowest BCUT2D eigenvalue weighted by Gasteiger charge is -2.11. The van der Waals surface area contributed by atoms with Crippen molar-refractivity contribution in [3.8, 4) is 11.3 Å². The van der Waals surface area contributed by atoms with Crippen LogP contribution in [0.2, 0.25) is 0 Å². The molecule has 1 N–H and O–H groups in total. The first kappa shape index (κ1) is 16.8. The van der Waals surface area contributed by atoms with E-state index in [9.17, 15) is 4.79 Å². The van der Waals surface area contributed by atoms with Gasteiger partial charge in [-0.15, -0.1) is 0 Å². The molecule has 0 atom stereocenters. The minimum atomic E-state index is -0.192. The lowest BCUT2D eigenvalue weighted by molar-refractivity contribution is 0.101. The standard InChI is InChI=1S/C20H18N6O/c1-12-10-14(16-6-7-17-18(24-16)11-21-13(2)23-17)4-5-15(12)25-20(27)19-8-9-22-26(19)3/h4-11H,1-3H3,(H,25,27). The minimum Gasteiger partial charge on any atom is -0.320 e. The lowest BCUT2D eigenvalue weighted by Crippen LogP contribution is -2.16. The van der Waals surface area contributed by atoms with Gasteiger partial charge in [-0.25, -0.2) is 15.0 Å². The Hall–Kier alpha value is -3.61. The Labute approximate surface area is 156 Å². The van der Waals surface area contributed by atoms with Crippen LogP contribution >= 0.6 is 0 Å². The van der Waals surface area contributed by atoms with Gasteiger partial charge in [-0.1, -0.05) is 6.07 Å². The summed E-state index contributed by atoms with van der Waals surface area (Å²) < 4.78 is 1.54. The van der Waals surface area contributed by atoms with E-state index in [1.165, 1.54) is 0 Å². The third kappa shape index (κ3) is 3.27. The van der Waals surface area contributed by atoms with Crippen LogP contribution in [-0.2, 0) is 7.05 Å². The second-order valence-corrected chi connectivity index (χ2v) is 6.34. The Kier molecular flexibility index (Phi) is 4.12. The number of pyridine rings is 1. The summed E-state index contributed by atoms with van der Waals surface area (Å²) in [6, 6.07) is 11.4. The van der Waals surface area contributed by atoms with Crippen LogP contribution in [0.3, 0.4) is 0 Å². The summed E-state index contributed by atoms with van der Waals surface area (Å²) >= 11 is 0. The molecule has 27 heavy (non-hydrogen) atoms. The van der Waals surface area contributed by atoms with Gasteiger partial charge in [-0.2, -0.15) is 5.10 Å². The predicted octanol–water partition coefficient (Wildman–Crippen LogP) is 3.29. The summed E-state index contributed by atoms with van der Waals surface area (Å²) in [5, 5.41) is 6.95. The smallest absolute Gasteiger partial charge is 0.273 e. The topological polar surface area (TPSA) is 85.6 Å². The number of aromatic nitrogens is 5. The van der Waals surface area contributed by atoms with Crippen LogP contribution in [0.4, 0.5) is 5.69 Å². The van der Waals surface area contributed by atoms with Gasteiger partial charge in [0.2, 0.25) is 0 Å². The third-order valence-electron chi connectivity index (χ3n) is 4.38. The average Bonchev–Trinajstić information content (AvgIpc) is 3.09. The maximum absolute atomic E-state index is 12.4. The Balaban J connectivity index is 1.62. The number of nitrogens with one attached hydrogen (secondary N) is 1. The highest BCUT2D eigenvalue weighted by Gasteiger charge is 2.12. The fraction of sp³-hybridized carbons (Fsp3) is 0.150. The van der Waals surface area contributed by atoms with E-state index in [0.29, 0.717) is 5.69 Å². The van der Waals surface area contributed by atoms with Gasteiger partial charge in [-0.3, -0.25) is 9.48 Å². The van der Waals surface area contributed by atoms with Gasteiger partial charge < -0.3 is 5.32 Å². The maximum atomic E-state index is 12.4. The molecule has 0 bridgehead atoms. The molecule has 0 radical (unpaired) electrons. The summed E-state index contributed by atoms with van der Waals surface area (Å²) in [4.78, 5) is 25.6. The van der Waals surface area contributed by atoms with Crippen molar-refractivity contribution in [2.24, 2.45) is 7.05 Å². The predicted molar refractivity (Wildman–Crippen MR) is 103 cm³/mol. The van der Waals surface area contributed by atoms with Gasteiger partial charge >= 0.3 is 0 Å². The van der Waals surface area contributed by atoms with Gasteiger partial charge in [0.15, 0.2) is 0 Å². The van der Waals surface area contributed by atoms with E-state index in [1.807, 2.05) is 44.2 Å². The normalized spacial score (nSPS) is 10.9. The summed E-state index contributed by atoms with van der Waals surface area (Å²) in [6.07, 6.45) is 3.33. The molecule has 1 amide bonds. The van der Waals surface area contributed by atoms with Crippen LogP contribution in [0.15, 0.2) is 48.8 Å². The van der Waals surface area contributed by atoms with E-state index in [0.717, 1.165) is 39.4 Å². The SMILES string of the molecule is Cc1ncc2nc(-c3ccc(NC(=O)c4ccnn4C)c(C)c3)ccc2n1. The Morgan fingerprint density at radius 1 is 1.04 bits per heavy atom. The Bertz CT molecular complexity index is 1160. The molecule has 1 aromatic carbocycles. The highest BCUT2D eigenvalue weighted by atomic mass is 16.2. The average molecular weight is 358 g/mol. The Morgan fingerprint density at radius 3 is 2.63 bits per heavy atom. The fourth-order valence-electron chi connectivity index (χ4n) is 2.92. The quantitative estimate of drug-likeness (QED) is 0.607. The highest BCUT2D eigenvalue weighted by Crippen LogP contribution is 2.25. The number of carbonyl (C=O) groups is 1. The zero-order valence-electron chi connectivity index (χ0n) is 15.3. The molecule has 4 rings (SSSR count). The van der Waals surface area contributed by atoms with Crippen LogP contribution in [-0.4, -0.2) is 30.6 Å². The van der Waals surface area contributed by atoms with Crippen LogP contribution < -0.4 is 5.32 Å². The molecule has 0 saturated heterocycles. The molecule has 3 aromatic heterocycles. The number of benzene rings is 1. The molecule has 7 nitrogen and oxygen atoms in total. The van der Waals surface area contributed by atoms with Gasteiger partial charge in [0, 0.05) is 24.5 Å². The van der Waals surface area contributed by atoms with Crippen molar-refractivity contribution in [1.29, 1.82) is 0 Å². The van der Waals surface area contributed by atoms with E-state index in [1.54, 1.807) is 30.2 Å². The first-order valence-electron chi connectivity index (χ1n) is 8.52. The molecule has 0 unspecified atom stereocenters. The maximum Gasteiger partial charge on any atom is 0.273 e. The largest absolute Gasteiger partial charge is 0.320 e. The summed E-state index contributed by atoms with van der Waals surface area (Å²) in [7, 11) is 1.74. The molecule has 134 valence electrons. The zero-order chi connectivity index (χ0) is 19.0. The van der Waals surface area contributed by atoms with Crippen molar-refractivity contribution in [3.05, 3.63) is 65.9 Å². The zero-order valence-corrected chi connectivity index (χ0v) is 15.3. The number of nitrogens with zero attached hydrogens (tertiary/aromatic N) is 5. The van der Waals surface area contributed by atoms with E-state index < -0.39 is 0 Å². The molecule has 0 aliphatic rings. The van der Waals surface area contributed by atoms with Crippen molar-refractivity contribution in [2.45, 2.75) is 13.8 Å². The molecule has 4 aromatic rings. The van der Waals surface area contributed by atoms with E-state index in [4.69, 9.17) is 0 Å². The molecule has 0 aliphatic carbocycles. The fourth-order valence-corrected chi connectivity index (χ4v) is 2.92. The first-order valence-corrected chi connectivity index (χ1v) is 8.52. The number of fused-ring (bicyclic) bond motifs is 1. The van der Waals surface area contributed by atoms with Gasteiger partial charge in [0.05, 0.1) is 17.4 Å². The van der Waals surface area contributed by atoms with Crippen molar-refractivity contribution in [1.82, 2.24) is 24.7 Å². The molecular formula is C20H18N6O. The van der Waals surface area contributed by atoms with Crippen LogP contribution in [0.5, 0.6) is 0 Å². The molecule has 0 fully saturated rings. The molecule has 0 saturated carbocycles. The second-order valence-electron chi connectivity index (χ2n) is 6.34. The lowest BCUT2D eigenvalue weighted by atomic mass is 10.1. The van der Waals surface area contributed by atoms with Crippen molar-refractivity contribution in [3.63, 3.8) is 0 Å². The molecule has 7 heteroatoms. The van der Waals surface area contributed by atoms with Gasteiger partial charge in [0.1, 0.15) is 17.0 Å². The Morgan fingerprint density at radius 2 is 1.89 bits per heavy atom. The van der Waals surface area contributed by atoms with Crippen molar-refractivity contribution in [2.75, 3.05) is 5.32 Å².